The number of hydrogen-bond acceptors (Lipinski definition) is 4. The quantitative estimate of drug-likeness (QED) is 0.458. The molecule has 0 aromatic heterocycles. The molecule has 0 fully saturated rings. The second kappa shape index (κ2) is 10.7. The summed E-state index contributed by atoms with van der Waals surface area (Å²) in [7, 11) is 1.75. The van der Waals surface area contributed by atoms with Crippen molar-refractivity contribution in [1.29, 1.82) is 0 Å². The number of carbonyl (C=O) groups is 1. The molecule has 142 valence electrons. The highest BCUT2D eigenvalue weighted by Gasteiger charge is 2.20. The van der Waals surface area contributed by atoms with Crippen LogP contribution >= 0.6 is 11.8 Å². The number of alkyl carbamates (subject to hydrolysis) is 1. The summed E-state index contributed by atoms with van der Waals surface area (Å²) in [5.74, 6) is 0.740. The number of guanidine groups is 1. The number of rotatable bonds is 8. The predicted octanol–water partition coefficient (Wildman–Crippen LogP) is 2.99. The molecule has 0 heterocycles. The van der Waals surface area contributed by atoms with E-state index in [1.807, 2.05) is 20.8 Å². The van der Waals surface area contributed by atoms with Crippen molar-refractivity contribution < 1.29 is 9.53 Å². The van der Waals surface area contributed by atoms with E-state index < -0.39 is 5.60 Å². The number of hydrogen-bond donors (Lipinski definition) is 3. The lowest BCUT2D eigenvalue weighted by atomic mass is 10.1. The van der Waals surface area contributed by atoms with Gasteiger partial charge in [0.2, 0.25) is 0 Å². The first-order chi connectivity index (χ1) is 11.0. The summed E-state index contributed by atoms with van der Waals surface area (Å²) >= 11 is 1.81. The molecule has 7 heteroatoms. The van der Waals surface area contributed by atoms with E-state index in [1.165, 1.54) is 0 Å². The fraction of sp³-hybridized carbons (Fsp3) is 0.882. The first-order valence-electron chi connectivity index (χ1n) is 8.52. The first kappa shape index (κ1) is 22.9. The van der Waals surface area contributed by atoms with Gasteiger partial charge in [-0.15, -0.1) is 0 Å². The van der Waals surface area contributed by atoms with Gasteiger partial charge in [-0.05, 0) is 47.3 Å². The lowest BCUT2D eigenvalue weighted by molar-refractivity contribution is 0.0502. The SMILES string of the molecule is CCCC(CNC(=NC)NCC(C)(C)SC)NC(=O)OC(C)(C)C. The van der Waals surface area contributed by atoms with E-state index >= 15 is 0 Å². The van der Waals surface area contributed by atoms with Crippen LogP contribution in [0.25, 0.3) is 0 Å². The van der Waals surface area contributed by atoms with Crippen molar-refractivity contribution >= 4 is 23.8 Å². The minimum absolute atomic E-state index is 0.00281. The van der Waals surface area contributed by atoms with Gasteiger partial charge >= 0.3 is 6.09 Å². The highest BCUT2D eigenvalue weighted by atomic mass is 32.2. The normalized spacial score (nSPS) is 14.1. The molecule has 0 aromatic rings. The molecule has 0 bridgehead atoms. The van der Waals surface area contributed by atoms with Crippen molar-refractivity contribution in [3.63, 3.8) is 0 Å². The van der Waals surface area contributed by atoms with Gasteiger partial charge in [0.1, 0.15) is 5.60 Å². The third-order valence-electron chi connectivity index (χ3n) is 3.33. The minimum Gasteiger partial charge on any atom is -0.444 e. The minimum atomic E-state index is -0.491. The maximum atomic E-state index is 11.9. The standard InChI is InChI=1S/C17H36N4O2S/c1-9-10-13(21-15(22)23-16(2,3)4)11-19-14(18-7)20-12-17(5,6)24-8/h13H,9-12H2,1-8H3,(H,21,22)(H2,18,19,20). The summed E-state index contributed by atoms with van der Waals surface area (Å²) < 4.78 is 5.46. The zero-order chi connectivity index (χ0) is 18.8. The van der Waals surface area contributed by atoms with E-state index in [2.05, 4.69) is 48.0 Å². The molecule has 0 aliphatic rings. The number of thioether (sulfide) groups is 1. The Bertz CT molecular complexity index is 406. The van der Waals surface area contributed by atoms with Crippen LogP contribution in [0.15, 0.2) is 4.99 Å². The molecule has 1 atom stereocenters. The topological polar surface area (TPSA) is 74.8 Å². The third-order valence-corrected chi connectivity index (χ3v) is 4.58. The van der Waals surface area contributed by atoms with Crippen LogP contribution < -0.4 is 16.0 Å². The van der Waals surface area contributed by atoms with Gasteiger partial charge in [0.15, 0.2) is 5.96 Å². The summed E-state index contributed by atoms with van der Waals surface area (Å²) in [4.78, 5) is 16.2. The maximum Gasteiger partial charge on any atom is 0.407 e. The van der Waals surface area contributed by atoms with E-state index in [0.717, 1.165) is 25.3 Å². The molecule has 1 unspecified atom stereocenters. The summed E-state index contributed by atoms with van der Waals surface area (Å²) in [5.41, 5.74) is -0.491. The molecule has 0 aliphatic carbocycles. The van der Waals surface area contributed by atoms with Crippen molar-refractivity contribution in [2.24, 2.45) is 4.99 Å². The Morgan fingerprint density at radius 3 is 2.29 bits per heavy atom. The van der Waals surface area contributed by atoms with Crippen molar-refractivity contribution in [3.05, 3.63) is 0 Å². The summed E-state index contributed by atoms with van der Waals surface area (Å²) in [6.45, 7) is 13.5. The smallest absolute Gasteiger partial charge is 0.407 e. The van der Waals surface area contributed by atoms with Crippen molar-refractivity contribution in [1.82, 2.24) is 16.0 Å². The van der Waals surface area contributed by atoms with Gasteiger partial charge in [-0.3, -0.25) is 4.99 Å². The molecule has 1 amide bonds. The Labute approximate surface area is 152 Å². The summed E-state index contributed by atoms with van der Waals surface area (Å²) in [6, 6.07) is -0.00281. The van der Waals surface area contributed by atoms with Gasteiger partial charge in [0.25, 0.3) is 0 Å². The largest absolute Gasteiger partial charge is 0.444 e. The maximum absolute atomic E-state index is 11.9. The molecular formula is C17H36N4O2S. The number of amides is 1. The molecule has 6 nitrogen and oxygen atoms in total. The first-order valence-corrected chi connectivity index (χ1v) is 9.74. The Morgan fingerprint density at radius 1 is 1.21 bits per heavy atom. The Balaban J connectivity index is 4.47. The van der Waals surface area contributed by atoms with Crippen LogP contribution in [0.4, 0.5) is 4.79 Å². The van der Waals surface area contributed by atoms with Crippen LogP contribution in [-0.4, -0.2) is 54.8 Å². The molecule has 0 radical (unpaired) electrons. The number of carbonyl (C=O) groups excluding carboxylic acids is 1. The fourth-order valence-electron chi connectivity index (χ4n) is 1.86. The third kappa shape index (κ3) is 11.4. The second-order valence-corrected chi connectivity index (χ2v) is 8.92. The van der Waals surface area contributed by atoms with Gasteiger partial charge in [-0.2, -0.15) is 11.8 Å². The van der Waals surface area contributed by atoms with E-state index in [0.29, 0.717) is 6.54 Å². The summed E-state index contributed by atoms with van der Waals surface area (Å²) in [6.07, 6.45) is 3.57. The van der Waals surface area contributed by atoms with Crippen LogP contribution in [0.5, 0.6) is 0 Å². The van der Waals surface area contributed by atoms with Gasteiger partial charge < -0.3 is 20.7 Å². The van der Waals surface area contributed by atoms with E-state index in [-0.39, 0.29) is 16.9 Å². The summed E-state index contributed by atoms with van der Waals surface area (Å²) in [5, 5.41) is 9.53. The molecule has 0 spiro atoms. The number of nitrogens with zero attached hydrogens (tertiary/aromatic N) is 1. The van der Waals surface area contributed by atoms with Crippen LogP contribution in [0, 0.1) is 0 Å². The van der Waals surface area contributed by atoms with Gasteiger partial charge in [-0.25, -0.2) is 4.79 Å². The zero-order valence-electron chi connectivity index (χ0n) is 16.6. The van der Waals surface area contributed by atoms with E-state index in [1.54, 1.807) is 18.8 Å². The average molecular weight is 361 g/mol. The molecule has 0 aromatic carbocycles. The van der Waals surface area contributed by atoms with Gasteiger partial charge in [-0.1, -0.05) is 13.3 Å². The van der Waals surface area contributed by atoms with E-state index in [4.69, 9.17) is 4.74 Å². The Morgan fingerprint density at radius 2 is 1.83 bits per heavy atom. The molecule has 0 aliphatic heterocycles. The molecular weight excluding hydrogens is 324 g/mol. The second-order valence-electron chi connectivity index (χ2n) is 7.40. The number of ether oxygens (including phenoxy) is 1. The van der Waals surface area contributed by atoms with Crippen LogP contribution in [0.2, 0.25) is 0 Å². The monoisotopic (exact) mass is 360 g/mol. The molecule has 0 saturated heterocycles. The van der Waals surface area contributed by atoms with E-state index in [9.17, 15) is 4.79 Å². The average Bonchev–Trinajstić information content (AvgIpc) is 2.45. The highest BCUT2D eigenvalue weighted by Crippen LogP contribution is 2.19. The lowest BCUT2D eigenvalue weighted by Gasteiger charge is -2.26. The Kier molecular flexibility index (Phi) is 10.2. The Hall–Kier alpha value is -1.11. The van der Waals surface area contributed by atoms with Crippen LogP contribution in [-0.2, 0) is 4.74 Å². The van der Waals surface area contributed by atoms with Crippen molar-refractivity contribution in [2.75, 3.05) is 26.4 Å². The number of aliphatic imine (C=N–C) groups is 1. The highest BCUT2D eigenvalue weighted by molar-refractivity contribution is 7.99. The number of nitrogens with one attached hydrogen (secondary N) is 3. The molecule has 3 N–H and O–H groups in total. The van der Waals surface area contributed by atoms with Crippen LogP contribution in [0.3, 0.4) is 0 Å². The van der Waals surface area contributed by atoms with Gasteiger partial charge in [0, 0.05) is 30.9 Å². The van der Waals surface area contributed by atoms with Crippen molar-refractivity contribution in [3.8, 4) is 0 Å². The molecule has 0 rings (SSSR count). The molecule has 24 heavy (non-hydrogen) atoms. The van der Waals surface area contributed by atoms with Crippen LogP contribution in [0.1, 0.15) is 54.4 Å². The van der Waals surface area contributed by atoms with Crippen molar-refractivity contribution in [2.45, 2.75) is 70.8 Å². The fourth-order valence-corrected chi connectivity index (χ4v) is 2.07. The molecule has 0 saturated carbocycles. The van der Waals surface area contributed by atoms with Gasteiger partial charge in [0.05, 0.1) is 0 Å². The lowest BCUT2D eigenvalue weighted by Crippen LogP contribution is -2.49. The predicted molar refractivity (Wildman–Crippen MR) is 105 cm³/mol. The zero-order valence-corrected chi connectivity index (χ0v) is 17.4.